The molecule has 0 aliphatic carbocycles. The molecule has 3 bridgehead atoms. The Hall–Kier alpha value is -1.88. The van der Waals surface area contributed by atoms with E-state index in [2.05, 4.69) is 20.0 Å². The highest BCUT2D eigenvalue weighted by Crippen LogP contribution is 2.41. The minimum atomic E-state index is 0.117. The number of para-hydroxylation sites is 1. The van der Waals surface area contributed by atoms with Crippen molar-refractivity contribution < 1.29 is 4.79 Å². The number of aromatic nitrogens is 2. The van der Waals surface area contributed by atoms with E-state index in [1.807, 2.05) is 24.3 Å². The lowest BCUT2D eigenvalue weighted by molar-refractivity contribution is 0.0258. The van der Waals surface area contributed by atoms with Crippen LogP contribution in [0.5, 0.6) is 0 Å². The number of carbonyl (C=O) groups is 1. The van der Waals surface area contributed by atoms with Crippen LogP contribution in [0.4, 0.5) is 0 Å². The van der Waals surface area contributed by atoms with Crippen LogP contribution in [0.25, 0.3) is 10.9 Å². The Morgan fingerprint density at radius 1 is 1.29 bits per heavy atom. The highest BCUT2D eigenvalue weighted by molar-refractivity contribution is 6.05. The molecule has 0 radical (unpaired) electrons. The number of hydrogen-bond acceptors (Lipinski definition) is 3. The van der Waals surface area contributed by atoms with E-state index in [1.165, 1.54) is 19.4 Å². The van der Waals surface area contributed by atoms with Gasteiger partial charge in [0.2, 0.25) is 0 Å². The molecular weight excluding hydrogens is 264 g/mol. The van der Waals surface area contributed by atoms with Crippen molar-refractivity contribution >= 4 is 16.8 Å². The molecule has 3 saturated heterocycles. The molecule has 1 amide bonds. The van der Waals surface area contributed by atoms with Crippen molar-refractivity contribution in [2.24, 2.45) is 5.92 Å². The number of piperidine rings is 1. The van der Waals surface area contributed by atoms with Gasteiger partial charge in [-0.25, -0.2) is 0 Å². The monoisotopic (exact) mass is 282 g/mol. The zero-order chi connectivity index (χ0) is 14.0. The molecule has 2 unspecified atom stereocenters. The van der Waals surface area contributed by atoms with Gasteiger partial charge in [-0.1, -0.05) is 18.2 Å². The van der Waals surface area contributed by atoms with Crippen LogP contribution in [0.2, 0.25) is 0 Å². The van der Waals surface area contributed by atoms with Crippen LogP contribution < -0.4 is 0 Å². The third kappa shape index (κ3) is 1.55. The molecule has 5 nitrogen and oxygen atoms in total. The molecule has 4 heterocycles. The summed E-state index contributed by atoms with van der Waals surface area (Å²) in [5.41, 5.74) is 1.53. The second kappa shape index (κ2) is 4.07. The summed E-state index contributed by atoms with van der Waals surface area (Å²) in [7, 11) is 0. The van der Waals surface area contributed by atoms with E-state index in [-0.39, 0.29) is 5.91 Å². The van der Waals surface area contributed by atoms with Crippen LogP contribution in [0.3, 0.4) is 0 Å². The van der Waals surface area contributed by atoms with Gasteiger partial charge in [0.15, 0.2) is 5.69 Å². The van der Waals surface area contributed by atoms with Gasteiger partial charge in [0.1, 0.15) is 0 Å². The summed E-state index contributed by atoms with van der Waals surface area (Å²) in [6, 6.07) is 8.67. The van der Waals surface area contributed by atoms with Crippen molar-refractivity contribution in [1.29, 1.82) is 0 Å². The molecule has 2 aromatic rings. The van der Waals surface area contributed by atoms with Crippen molar-refractivity contribution in [2.75, 3.05) is 19.6 Å². The fraction of sp³-hybridized carbons (Fsp3) is 0.500. The zero-order valence-electron chi connectivity index (χ0n) is 11.8. The van der Waals surface area contributed by atoms with Crippen LogP contribution in [0.15, 0.2) is 24.3 Å². The van der Waals surface area contributed by atoms with E-state index in [9.17, 15) is 4.79 Å². The van der Waals surface area contributed by atoms with E-state index in [4.69, 9.17) is 0 Å². The first kappa shape index (κ1) is 11.7. The Bertz CT molecular complexity index is 720. The van der Waals surface area contributed by atoms with E-state index >= 15 is 0 Å². The molecule has 0 spiro atoms. The molecule has 0 saturated carbocycles. The average molecular weight is 282 g/mol. The minimum Gasteiger partial charge on any atom is -0.328 e. The summed E-state index contributed by atoms with van der Waals surface area (Å²) < 4.78 is 0. The van der Waals surface area contributed by atoms with E-state index in [0.717, 1.165) is 24.0 Å². The van der Waals surface area contributed by atoms with Crippen molar-refractivity contribution in [1.82, 2.24) is 20.0 Å². The first-order valence-corrected chi connectivity index (χ1v) is 7.79. The predicted octanol–water partition coefficient (Wildman–Crippen LogP) is 1.48. The normalized spacial score (nSPS) is 33.8. The summed E-state index contributed by atoms with van der Waals surface area (Å²) in [6.07, 6.45) is 2.42. The van der Waals surface area contributed by atoms with Gasteiger partial charge in [0.25, 0.3) is 5.91 Å². The number of benzene rings is 1. The van der Waals surface area contributed by atoms with Gasteiger partial charge in [-0.2, -0.15) is 5.10 Å². The second-order valence-electron chi connectivity index (χ2n) is 6.60. The largest absolute Gasteiger partial charge is 0.328 e. The van der Waals surface area contributed by atoms with Crippen LogP contribution >= 0.6 is 0 Å². The Labute approximate surface area is 122 Å². The second-order valence-corrected chi connectivity index (χ2v) is 6.60. The number of carbonyl (C=O) groups excluding carboxylic acids is 1. The SMILES string of the molecule is O=C(c1n[nH]c2ccccc12)N1C2C[N@@]3CCC2C[C@@H]1C3. The van der Waals surface area contributed by atoms with Crippen LogP contribution in [-0.4, -0.2) is 57.6 Å². The van der Waals surface area contributed by atoms with Crippen molar-refractivity contribution in [3.63, 3.8) is 0 Å². The Balaban J connectivity index is 1.55. The fourth-order valence-corrected chi connectivity index (χ4v) is 4.56. The number of piperazine rings is 1. The maximum absolute atomic E-state index is 13.0. The Kier molecular flexibility index (Phi) is 2.28. The standard InChI is InChI=1S/C16H18N4O/c21-16(15-12-3-1-2-4-13(12)17-18-15)20-11-7-10-5-6-19(8-11)9-14(10)20/h1-4,10-11,14H,5-9H2,(H,17,18)/t10?,11-,14?/m1/s1. The van der Waals surface area contributed by atoms with E-state index in [1.54, 1.807) is 0 Å². The van der Waals surface area contributed by atoms with Gasteiger partial charge in [0, 0.05) is 30.6 Å². The number of rotatable bonds is 1. The average Bonchev–Trinajstić information content (AvgIpc) is 2.96. The number of H-pyrrole nitrogens is 1. The van der Waals surface area contributed by atoms with Gasteiger partial charge >= 0.3 is 0 Å². The highest BCUT2D eigenvalue weighted by Gasteiger charge is 2.51. The molecule has 3 fully saturated rings. The van der Waals surface area contributed by atoms with Gasteiger partial charge in [-0.3, -0.25) is 14.8 Å². The molecule has 3 aliphatic rings. The lowest BCUT2D eigenvalue weighted by Crippen LogP contribution is -2.58. The molecule has 1 aromatic heterocycles. The summed E-state index contributed by atoms with van der Waals surface area (Å²) in [4.78, 5) is 17.7. The quantitative estimate of drug-likeness (QED) is 0.862. The van der Waals surface area contributed by atoms with Crippen molar-refractivity contribution in [3.8, 4) is 0 Å². The molecule has 5 rings (SSSR count). The van der Waals surface area contributed by atoms with Crippen LogP contribution in [0.1, 0.15) is 23.3 Å². The maximum atomic E-state index is 13.0. The molecule has 4 atom stereocenters. The highest BCUT2D eigenvalue weighted by atomic mass is 16.2. The molecule has 108 valence electrons. The number of aromatic amines is 1. The van der Waals surface area contributed by atoms with Gasteiger partial charge in [-0.05, 0) is 31.4 Å². The van der Waals surface area contributed by atoms with Crippen molar-refractivity contribution in [3.05, 3.63) is 30.0 Å². The van der Waals surface area contributed by atoms with Crippen LogP contribution in [-0.2, 0) is 0 Å². The summed E-state index contributed by atoms with van der Waals surface area (Å²) in [5.74, 6) is 0.814. The van der Waals surface area contributed by atoms with Gasteiger partial charge in [-0.15, -0.1) is 0 Å². The maximum Gasteiger partial charge on any atom is 0.275 e. The summed E-state index contributed by atoms with van der Waals surface area (Å²) >= 11 is 0. The zero-order valence-corrected chi connectivity index (χ0v) is 11.8. The third-order valence-electron chi connectivity index (χ3n) is 5.51. The minimum absolute atomic E-state index is 0.117. The Morgan fingerprint density at radius 3 is 3.14 bits per heavy atom. The number of fused-ring (bicyclic) bond motifs is 3. The molecular formula is C16H18N4O. The molecule has 3 aliphatic heterocycles. The first-order chi connectivity index (χ1) is 10.3. The van der Waals surface area contributed by atoms with E-state index in [0.29, 0.717) is 23.7 Å². The molecule has 1 N–H and O–H groups in total. The van der Waals surface area contributed by atoms with E-state index < -0.39 is 0 Å². The number of nitrogens with one attached hydrogen (secondary N) is 1. The molecule has 21 heavy (non-hydrogen) atoms. The lowest BCUT2D eigenvalue weighted by Gasteiger charge is -2.44. The third-order valence-corrected chi connectivity index (χ3v) is 5.51. The topological polar surface area (TPSA) is 52.2 Å². The first-order valence-electron chi connectivity index (χ1n) is 7.79. The fourth-order valence-electron chi connectivity index (χ4n) is 4.56. The van der Waals surface area contributed by atoms with Crippen molar-refractivity contribution in [2.45, 2.75) is 24.9 Å². The van der Waals surface area contributed by atoms with Gasteiger partial charge < -0.3 is 4.90 Å². The number of hydrogen-bond donors (Lipinski definition) is 1. The number of nitrogens with zero attached hydrogens (tertiary/aromatic N) is 3. The lowest BCUT2D eigenvalue weighted by atomic mass is 9.93. The van der Waals surface area contributed by atoms with Gasteiger partial charge in [0.05, 0.1) is 5.52 Å². The summed E-state index contributed by atoms with van der Waals surface area (Å²) in [5, 5.41) is 8.23. The summed E-state index contributed by atoms with van der Waals surface area (Å²) in [6.45, 7) is 3.31. The predicted molar refractivity (Wildman–Crippen MR) is 79.0 cm³/mol. The van der Waals surface area contributed by atoms with Crippen LogP contribution in [0, 0.1) is 5.92 Å². The number of amides is 1. The molecule has 1 aromatic carbocycles. The Morgan fingerprint density at radius 2 is 2.19 bits per heavy atom. The smallest absolute Gasteiger partial charge is 0.275 e. The molecule has 5 heteroatoms.